The standard InChI is InChI=1S/C15H17N3O2/c1-3-13(15(19)20-2)18-12-9-16-14(17-10-12)11-7-5-4-6-8-11/h4-10,13,18H,3H2,1-2H3. The van der Waals surface area contributed by atoms with Crippen molar-refractivity contribution >= 4 is 11.7 Å². The molecule has 0 aliphatic rings. The first-order chi connectivity index (χ1) is 9.74. The predicted molar refractivity (Wildman–Crippen MR) is 77.2 cm³/mol. The number of methoxy groups -OCH3 is 1. The Kier molecular flexibility index (Phi) is 4.65. The maximum absolute atomic E-state index is 11.5. The summed E-state index contributed by atoms with van der Waals surface area (Å²) in [6.45, 7) is 1.91. The number of hydrogen-bond acceptors (Lipinski definition) is 5. The summed E-state index contributed by atoms with van der Waals surface area (Å²) in [5.74, 6) is 0.363. The molecule has 1 aromatic heterocycles. The number of aromatic nitrogens is 2. The molecular weight excluding hydrogens is 254 g/mol. The van der Waals surface area contributed by atoms with E-state index in [-0.39, 0.29) is 12.0 Å². The third-order valence-electron chi connectivity index (χ3n) is 2.92. The van der Waals surface area contributed by atoms with Gasteiger partial charge in [0.2, 0.25) is 0 Å². The molecule has 0 spiro atoms. The van der Waals surface area contributed by atoms with Crippen molar-refractivity contribution in [2.45, 2.75) is 19.4 Å². The molecule has 0 aliphatic heterocycles. The van der Waals surface area contributed by atoms with Gasteiger partial charge in [0.05, 0.1) is 25.2 Å². The van der Waals surface area contributed by atoms with Gasteiger partial charge in [0.15, 0.2) is 5.82 Å². The van der Waals surface area contributed by atoms with Crippen LogP contribution in [0.25, 0.3) is 11.4 Å². The maximum Gasteiger partial charge on any atom is 0.328 e. The Hall–Kier alpha value is -2.43. The van der Waals surface area contributed by atoms with Gasteiger partial charge in [-0.2, -0.15) is 0 Å². The van der Waals surface area contributed by atoms with Crippen LogP contribution < -0.4 is 5.32 Å². The number of carbonyl (C=O) groups excluding carboxylic acids is 1. The van der Waals surface area contributed by atoms with E-state index >= 15 is 0 Å². The van der Waals surface area contributed by atoms with Crippen LogP contribution in [0.1, 0.15) is 13.3 Å². The second kappa shape index (κ2) is 6.65. The molecule has 0 radical (unpaired) electrons. The lowest BCUT2D eigenvalue weighted by atomic mass is 10.2. The van der Waals surface area contributed by atoms with E-state index in [1.807, 2.05) is 37.3 Å². The summed E-state index contributed by atoms with van der Waals surface area (Å²) in [6.07, 6.45) is 3.97. The fraction of sp³-hybridized carbons (Fsp3) is 0.267. The molecule has 0 bridgehead atoms. The largest absolute Gasteiger partial charge is 0.467 e. The topological polar surface area (TPSA) is 64.1 Å². The molecule has 0 fully saturated rings. The van der Waals surface area contributed by atoms with Crippen molar-refractivity contribution in [2.75, 3.05) is 12.4 Å². The van der Waals surface area contributed by atoms with Gasteiger partial charge in [0.25, 0.3) is 0 Å². The van der Waals surface area contributed by atoms with E-state index in [9.17, 15) is 4.79 Å². The maximum atomic E-state index is 11.5. The number of ether oxygens (including phenoxy) is 1. The van der Waals surface area contributed by atoms with Gasteiger partial charge in [-0.15, -0.1) is 0 Å². The van der Waals surface area contributed by atoms with Crippen LogP contribution >= 0.6 is 0 Å². The van der Waals surface area contributed by atoms with Crippen molar-refractivity contribution < 1.29 is 9.53 Å². The highest BCUT2D eigenvalue weighted by atomic mass is 16.5. The van der Waals surface area contributed by atoms with Crippen LogP contribution in [0.5, 0.6) is 0 Å². The molecular formula is C15H17N3O2. The monoisotopic (exact) mass is 271 g/mol. The number of nitrogens with zero attached hydrogens (tertiary/aromatic N) is 2. The fourth-order valence-corrected chi connectivity index (χ4v) is 1.81. The summed E-state index contributed by atoms with van der Waals surface area (Å²) in [4.78, 5) is 20.1. The average Bonchev–Trinajstić information content (AvgIpc) is 2.53. The lowest BCUT2D eigenvalue weighted by Crippen LogP contribution is -2.29. The zero-order valence-electron chi connectivity index (χ0n) is 11.5. The molecule has 1 atom stereocenters. The molecule has 2 aromatic rings. The second-order valence-corrected chi connectivity index (χ2v) is 4.29. The lowest BCUT2D eigenvalue weighted by Gasteiger charge is -2.15. The first-order valence-corrected chi connectivity index (χ1v) is 6.46. The van der Waals surface area contributed by atoms with Crippen molar-refractivity contribution in [3.05, 3.63) is 42.7 Å². The van der Waals surface area contributed by atoms with Gasteiger partial charge >= 0.3 is 5.97 Å². The van der Waals surface area contributed by atoms with Gasteiger partial charge in [-0.3, -0.25) is 0 Å². The Balaban J connectivity index is 2.10. The molecule has 5 heteroatoms. The smallest absolute Gasteiger partial charge is 0.328 e. The lowest BCUT2D eigenvalue weighted by molar-refractivity contribution is -0.141. The first kappa shape index (κ1) is 14.0. The predicted octanol–water partition coefficient (Wildman–Crippen LogP) is 2.51. The minimum Gasteiger partial charge on any atom is -0.467 e. The summed E-state index contributed by atoms with van der Waals surface area (Å²) >= 11 is 0. The van der Waals surface area contributed by atoms with E-state index in [0.29, 0.717) is 17.9 Å². The molecule has 1 N–H and O–H groups in total. The summed E-state index contributed by atoms with van der Waals surface area (Å²) in [6, 6.07) is 9.34. The van der Waals surface area contributed by atoms with Gasteiger partial charge in [-0.25, -0.2) is 14.8 Å². The van der Waals surface area contributed by atoms with E-state index in [4.69, 9.17) is 4.74 Å². The minimum absolute atomic E-state index is 0.292. The van der Waals surface area contributed by atoms with Gasteiger partial charge in [-0.1, -0.05) is 37.3 Å². The number of rotatable bonds is 5. The third kappa shape index (κ3) is 3.32. The summed E-state index contributed by atoms with van der Waals surface area (Å²) in [5.41, 5.74) is 1.65. The number of hydrogen-bond donors (Lipinski definition) is 1. The van der Waals surface area contributed by atoms with Crippen molar-refractivity contribution in [1.82, 2.24) is 9.97 Å². The van der Waals surface area contributed by atoms with Crippen LogP contribution in [0.15, 0.2) is 42.7 Å². The summed E-state index contributed by atoms with van der Waals surface area (Å²) in [5, 5.41) is 3.06. The Morgan fingerprint density at radius 1 is 1.25 bits per heavy atom. The average molecular weight is 271 g/mol. The Labute approximate surface area is 118 Å². The van der Waals surface area contributed by atoms with Crippen LogP contribution in [0, 0.1) is 0 Å². The molecule has 1 unspecified atom stereocenters. The molecule has 0 amide bonds. The van der Waals surface area contributed by atoms with E-state index in [2.05, 4.69) is 15.3 Å². The second-order valence-electron chi connectivity index (χ2n) is 4.29. The van der Waals surface area contributed by atoms with Crippen LogP contribution in [0.3, 0.4) is 0 Å². The first-order valence-electron chi connectivity index (χ1n) is 6.46. The van der Waals surface area contributed by atoms with Crippen LogP contribution in [-0.2, 0) is 9.53 Å². The normalized spacial score (nSPS) is 11.7. The molecule has 0 saturated heterocycles. The van der Waals surface area contributed by atoms with Crippen molar-refractivity contribution in [3.63, 3.8) is 0 Å². The summed E-state index contributed by atoms with van der Waals surface area (Å²) < 4.78 is 4.73. The highest BCUT2D eigenvalue weighted by Crippen LogP contribution is 2.15. The summed E-state index contributed by atoms with van der Waals surface area (Å²) in [7, 11) is 1.38. The number of carbonyl (C=O) groups is 1. The quantitative estimate of drug-likeness (QED) is 0.846. The molecule has 5 nitrogen and oxygen atoms in total. The fourth-order valence-electron chi connectivity index (χ4n) is 1.81. The number of esters is 1. The van der Waals surface area contributed by atoms with E-state index in [1.54, 1.807) is 12.4 Å². The van der Waals surface area contributed by atoms with Gasteiger partial charge in [0, 0.05) is 5.56 Å². The molecule has 104 valence electrons. The van der Waals surface area contributed by atoms with Gasteiger partial charge < -0.3 is 10.1 Å². The van der Waals surface area contributed by atoms with Crippen molar-refractivity contribution in [3.8, 4) is 11.4 Å². The molecule has 0 aliphatic carbocycles. The molecule has 2 rings (SSSR count). The molecule has 20 heavy (non-hydrogen) atoms. The van der Waals surface area contributed by atoms with Crippen molar-refractivity contribution in [2.24, 2.45) is 0 Å². The van der Waals surface area contributed by atoms with Gasteiger partial charge in [-0.05, 0) is 6.42 Å². The zero-order valence-corrected chi connectivity index (χ0v) is 11.5. The minimum atomic E-state index is -0.383. The van der Waals surface area contributed by atoms with E-state index in [1.165, 1.54) is 7.11 Å². The highest BCUT2D eigenvalue weighted by molar-refractivity contribution is 5.79. The highest BCUT2D eigenvalue weighted by Gasteiger charge is 2.16. The van der Waals surface area contributed by atoms with Gasteiger partial charge in [0.1, 0.15) is 6.04 Å². The third-order valence-corrected chi connectivity index (χ3v) is 2.92. The Morgan fingerprint density at radius 2 is 1.90 bits per heavy atom. The zero-order chi connectivity index (χ0) is 14.4. The van der Waals surface area contributed by atoms with E-state index in [0.717, 1.165) is 5.56 Å². The van der Waals surface area contributed by atoms with Crippen LogP contribution in [0.4, 0.5) is 5.69 Å². The Bertz CT molecular complexity index is 555. The SMILES string of the molecule is CCC(Nc1cnc(-c2ccccc2)nc1)C(=O)OC. The number of anilines is 1. The van der Waals surface area contributed by atoms with Crippen molar-refractivity contribution in [1.29, 1.82) is 0 Å². The number of benzene rings is 1. The molecule has 1 heterocycles. The molecule has 0 saturated carbocycles. The number of nitrogens with one attached hydrogen (secondary N) is 1. The Morgan fingerprint density at radius 3 is 2.45 bits per heavy atom. The van der Waals surface area contributed by atoms with Crippen LogP contribution in [-0.4, -0.2) is 29.1 Å². The van der Waals surface area contributed by atoms with E-state index < -0.39 is 0 Å². The van der Waals surface area contributed by atoms with Crippen LogP contribution in [0.2, 0.25) is 0 Å². The molecule has 1 aromatic carbocycles.